The molecule has 1 heterocycles. The molecule has 1 saturated heterocycles. The summed E-state index contributed by atoms with van der Waals surface area (Å²) in [5, 5.41) is 0. The molecule has 4 heteroatoms. The maximum absolute atomic E-state index is 6.04. The van der Waals surface area contributed by atoms with Gasteiger partial charge in [-0.1, -0.05) is 30.3 Å². The van der Waals surface area contributed by atoms with E-state index in [-0.39, 0.29) is 24.6 Å². The van der Waals surface area contributed by atoms with Crippen molar-refractivity contribution in [3.8, 4) is 0 Å². The monoisotopic (exact) mass is 266 g/mol. The molecule has 0 spiro atoms. The van der Waals surface area contributed by atoms with Crippen molar-refractivity contribution in [1.82, 2.24) is 0 Å². The summed E-state index contributed by atoms with van der Waals surface area (Å²) in [6, 6.07) is 10.2. The zero-order valence-electron chi connectivity index (χ0n) is 11.7. The second-order valence-corrected chi connectivity index (χ2v) is 4.71. The van der Waals surface area contributed by atoms with Crippen molar-refractivity contribution in [3.63, 3.8) is 0 Å². The van der Waals surface area contributed by atoms with Gasteiger partial charge in [-0.25, -0.2) is 0 Å². The van der Waals surface area contributed by atoms with E-state index in [9.17, 15) is 0 Å². The van der Waals surface area contributed by atoms with Crippen molar-refractivity contribution in [2.24, 2.45) is 5.92 Å². The third kappa shape index (κ3) is 3.34. The van der Waals surface area contributed by atoms with Gasteiger partial charge in [0.2, 0.25) is 0 Å². The van der Waals surface area contributed by atoms with Crippen LogP contribution in [0.25, 0.3) is 0 Å². The summed E-state index contributed by atoms with van der Waals surface area (Å²) in [5.74, 6) is 0.170. The largest absolute Gasteiger partial charge is 0.356 e. The number of hydrogen-bond donors (Lipinski definition) is 0. The minimum Gasteiger partial charge on any atom is -0.356 e. The van der Waals surface area contributed by atoms with Crippen LogP contribution in [0, 0.1) is 5.92 Å². The van der Waals surface area contributed by atoms with E-state index in [2.05, 4.69) is 12.1 Å². The SMILES string of the molecule is COC1CC[C@H](C(OC)OC)[C@H](c2ccccc2)O1. The van der Waals surface area contributed by atoms with E-state index in [4.69, 9.17) is 18.9 Å². The van der Waals surface area contributed by atoms with Crippen molar-refractivity contribution in [3.05, 3.63) is 35.9 Å². The fourth-order valence-electron chi connectivity index (χ4n) is 2.68. The lowest BCUT2D eigenvalue weighted by Crippen LogP contribution is -2.38. The first-order chi connectivity index (χ1) is 9.30. The van der Waals surface area contributed by atoms with Crippen LogP contribution in [-0.4, -0.2) is 33.9 Å². The van der Waals surface area contributed by atoms with Gasteiger partial charge in [-0.2, -0.15) is 0 Å². The van der Waals surface area contributed by atoms with Crippen LogP contribution in [0.15, 0.2) is 30.3 Å². The lowest BCUT2D eigenvalue weighted by atomic mass is 9.88. The van der Waals surface area contributed by atoms with Gasteiger partial charge in [0, 0.05) is 27.2 Å². The molecule has 19 heavy (non-hydrogen) atoms. The highest BCUT2D eigenvalue weighted by atomic mass is 16.7. The van der Waals surface area contributed by atoms with Crippen LogP contribution in [0.1, 0.15) is 24.5 Å². The molecule has 0 N–H and O–H groups in total. The second-order valence-electron chi connectivity index (χ2n) is 4.71. The molecule has 3 atom stereocenters. The van der Waals surface area contributed by atoms with Crippen LogP contribution >= 0.6 is 0 Å². The predicted octanol–water partition coefficient (Wildman–Crippen LogP) is 2.75. The van der Waals surface area contributed by atoms with E-state index in [0.29, 0.717) is 0 Å². The van der Waals surface area contributed by atoms with E-state index < -0.39 is 0 Å². The molecular weight excluding hydrogens is 244 g/mol. The third-order valence-electron chi connectivity index (χ3n) is 3.63. The fraction of sp³-hybridized carbons (Fsp3) is 0.600. The summed E-state index contributed by atoms with van der Waals surface area (Å²) in [7, 11) is 5.01. The predicted molar refractivity (Wildman–Crippen MR) is 71.6 cm³/mol. The van der Waals surface area contributed by atoms with Gasteiger partial charge in [0.1, 0.15) is 0 Å². The van der Waals surface area contributed by atoms with Gasteiger partial charge in [-0.15, -0.1) is 0 Å². The lowest BCUT2D eigenvalue weighted by Gasteiger charge is -2.38. The van der Waals surface area contributed by atoms with Gasteiger partial charge in [-0.05, 0) is 18.4 Å². The normalized spacial score (nSPS) is 27.7. The molecule has 1 unspecified atom stereocenters. The molecule has 2 rings (SSSR count). The highest BCUT2D eigenvalue weighted by molar-refractivity contribution is 5.19. The van der Waals surface area contributed by atoms with Crippen molar-refractivity contribution in [2.45, 2.75) is 31.5 Å². The summed E-state index contributed by atoms with van der Waals surface area (Å²) >= 11 is 0. The summed E-state index contributed by atoms with van der Waals surface area (Å²) in [4.78, 5) is 0. The number of rotatable bonds is 5. The second kappa shape index (κ2) is 7.01. The maximum Gasteiger partial charge on any atom is 0.162 e. The minimum absolute atomic E-state index is 0.0650. The van der Waals surface area contributed by atoms with Crippen molar-refractivity contribution >= 4 is 0 Å². The number of ether oxygens (including phenoxy) is 4. The van der Waals surface area contributed by atoms with Gasteiger partial charge in [0.15, 0.2) is 12.6 Å². The Labute approximate surface area is 114 Å². The Balaban J connectivity index is 2.21. The quantitative estimate of drug-likeness (QED) is 0.768. The van der Waals surface area contributed by atoms with Gasteiger partial charge in [0.05, 0.1) is 6.10 Å². The molecule has 1 aromatic carbocycles. The van der Waals surface area contributed by atoms with Crippen LogP contribution in [-0.2, 0) is 18.9 Å². The number of benzene rings is 1. The molecule has 4 nitrogen and oxygen atoms in total. The standard InChI is InChI=1S/C15H22O4/c1-16-13-10-9-12(15(17-2)18-3)14(19-13)11-7-5-4-6-8-11/h4-8,12-15H,9-10H2,1-3H3/t12-,13?,14-/m0/s1. The highest BCUT2D eigenvalue weighted by Gasteiger charge is 2.37. The Morgan fingerprint density at radius 1 is 1.05 bits per heavy atom. The van der Waals surface area contributed by atoms with Crippen molar-refractivity contribution in [1.29, 1.82) is 0 Å². The average molecular weight is 266 g/mol. The Morgan fingerprint density at radius 3 is 2.32 bits per heavy atom. The van der Waals surface area contributed by atoms with Crippen LogP contribution < -0.4 is 0 Å². The van der Waals surface area contributed by atoms with Crippen molar-refractivity contribution < 1.29 is 18.9 Å². The Bertz CT molecular complexity index is 364. The first kappa shape index (κ1) is 14.5. The first-order valence-electron chi connectivity index (χ1n) is 6.59. The topological polar surface area (TPSA) is 36.9 Å². The molecule has 1 aliphatic rings. The summed E-state index contributed by atoms with van der Waals surface area (Å²) in [5.41, 5.74) is 1.13. The Morgan fingerprint density at radius 2 is 1.74 bits per heavy atom. The number of hydrogen-bond acceptors (Lipinski definition) is 4. The zero-order chi connectivity index (χ0) is 13.7. The lowest BCUT2D eigenvalue weighted by molar-refractivity contribution is -0.245. The Kier molecular flexibility index (Phi) is 5.34. The number of methoxy groups -OCH3 is 3. The van der Waals surface area contributed by atoms with Gasteiger partial charge >= 0.3 is 0 Å². The first-order valence-corrected chi connectivity index (χ1v) is 6.59. The minimum atomic E-state index is -0.261. The zero-order valence-corrected chi connectivity index (χ0v) is 11.7. The molecule has 0 amide bonds. The maximum atomic E-state index is 6.04. The van der Waals surface area contributed by atoms with Gasteiger partial charge in [0.25, 0.3) is 0 Å². The van der Waals surface area contributed by atoms with E-state index in [0.717, 1.165) is 18.4 Å². The Hall–Kier alpha value is -0.940. The molecule has 0 saturated carbocycles. The van der Waals surface area contributed by atoms with Crippen LogP contribution in [0.3, 0.4) is 0 Å². The molecule has 1 fully saturated rings. The average Bonchev–Trinajstić information content (AvgIpc) is 2.49. The third-order valence-corrected chi connectivity index (χ3v) is 3.63. The molecule has 0 radical (unpaired) electrons. The molecule has 1 aromatic rings. The van der Waals surface area contributed by atoms with Gasteiger partial charge < -0.3 is 18.9 Å². The van der Waals surface area contributed by atoms with E-state index >= 15 is 0 Å². The molecule has 0 bridgehead atoms. The smallest absolute Gasteiger partial charge is 0.162 e. The molecule has 1 aliphatic heterocycles. The van der Waals surface area contributed by atoms with Gasteiger partial charge in [-0.3, -0.25) is 0 Å². The van der Waals surface area contributed by atoms with E-state index in [1.807, 2.05) is 18.2 Å². The molecular formula is C15H22O4. The van der Waals surface area contributed by atoms with Crippen LogP contribution in [0.4, 0.5) is 0 Å². The molecule has 0 aromatic heterocycles. The van der Waals surface area contributed by atoms with E-state index in [1.54, 1.807) is 21.3 Å². The summed E-state index contributed by atoms with van der Waals surface area (Å²) < 4.78 is 22.2. The van der Waals surface area contributed by atoms with Crippen LogP contribution in [0.5, 0.6) is 0 Å². The summed E-state index contributed by atoms with van der Waals surface area (Å²) in [6.45, 7) is 0. The fourth-order valence-corrected chi connectivity index (χ4v) is 2.68. The summed E-state index contributed by atoms with van der Waals surface area (Å²) in [6.07, 6.45) is 1.32. The van der Waals surface area contributed by atoms with Crippen LogP contribution in [0.2, 0.25) is 0 Å². The van der Waals surface area contributed by atoms with E-state index in [1.165, 1.54) is 0 Å². The molecule has 106 valence electrons. The highest BCUT2D eigenvalue weighted by Crippen LogP contribution is 2.39. The molecule has 0 aliphatic carbocycles. The van der Waals surface area contributed by atoms with Crippen molar-refractivity contribution in [2.75, 3.05) is 21.3 Å².